The molecule has 4 nitrogen and oxygen atoms in total. The zero-order valence-electron chi connectivity index (χ0n) is 7.37. The molecule has 0 fully saturated rings. The van der Waals surface area contributed by atoms with E-state index in [0.717, 1.165) is 0 Å². The zero-order valence-corrected chi connectivity index (χ0v) is 9.53. The SMILES string of the molecule is COc1c(I)cc(C(N)=O)cc1C#N. The van der Waals surface area contributed by atoms with Crippen LogP contribution >= 0.6 is 22.6 Å². The molecule has 2 N–H and O–H groups in total. The fraction of sp³-hybridized carbons (Fsp3) is 0.111. The van der Waals surface area contributed by atoms with Crippen LogP contribution in [0.25, 0.3) is 0 Å². The molecular weight excluding hydrogens is 295 g/mol. The van der Waals surface area contributed by atoms with Crippen LogP contribution in [0.3, 0.4) is 0 Å². The highest BCUT2D eigenvalue weighted by Gasteiger charge is 2.11. The Morgan fingerprint density at radius 1 is 1.64 bits per heavy atom. The highest BCUT2D eigenvalue weighted by atomic mass is 127. The van der Waals surface area contributed by atoms with Crippen molar-refractivity contribution in [3.63, 3.8) is 0 Å². The average Bonchev–Trinajstić information content (AvgIpc) is 2.16. The van der Waals surface area contributed by atoms with Gasteiger partial charge in [-0.3, -0.25) is 4.79 Å². The molecule has 1 aromatic carbocycles. The van der Waals surface area contributed by atoms with Gasteiger partial charge in [-0.2, -0.15) is 5.26 Å². The summed E-state index contributed by atoms with van der Waals surface area (Å²) in [6.07, 6.45) is 0. The number of nitrogens with zero attached hydrogens (tertiary/aromatic N) is 1. The van der Waals surface area contributed by atoms with Gasteiger partial charge < -0.3 is 10.5 Å². The summed E-state index contributed by atoms with van der Waals surface area (Å²) in [7, 11) is 1.47. The number of halogens is 1. The van der Waals surface area contributed by atoms with Gasteiger partial charge in [-0.1, -0.05) is 0 Å². The van der Waals surface area contributed by atoms with Crippen LogP contribution in [0.2, 0.25) is 0 Å². The molecule has 5 heteroatoms. The van der Waals surface area contributed by atoms with Crippen molar-refractivity contribution in [2.45, 2.75) is 0 Å². The Bertz CT molecular complexity index is 424. The van der Waals surface area contributed by atoms with E-state index in [4.69, 9.17) is 15.7 Å². The maximum atomic E-state index is 10.9. The molecule has 14 heavy (non-hydrogen) atoms. The first-order valence-electron chi connectivity index (χ1n) is 3.67. The molecule has 1 aromatic rings. The van der Waals surface area contributed by atoms with Gasteiger partial charge in [-0.25, -0.2) is 0 Å². The second-order valence-corrected chi connectivity index (χ2v) is 3.68. The highest BCUT2D eigenvalue weighted by Crippen LogP contribution is 2.26. The lowest BCUT2D eigenvalue weighted by atomic mass is 10.1. The quantitative estimate of drug-likeness (QED) is 0.836. The third-order valence-corrected chi connectivity index (χ3v) is 2.45. The van der Waals surface area contributed by atoms with E-state index in [1.807, 2.05) is 28.7 Å². The Labute approximate surface area is 94.8 Å². The second-order valence-electron chi connectivity index (χ2n) is 2.51. The predicted molar refractivity (Wildman–Crippen MR) is 58.9 cm³/mol. The summed E-state index contributed by atoms with van der Waals surface area (Å²) >= 11 is 1.98. The van der Waals surface area contributed by atoms with Crippen LogP contribution in [0.15, 0.2) is 12.1 Å². The molecule has 1 amide bonds. The van der Waals surface area contributed by atoms with Gasteiger partial charge in [0.2, 0.25) is 5.91 Å². The first-order chi connectivity index (χ1) is 6.60. The zero-order chi connectivity index (χ0) is 10.7. The number of benzene rings is 1. The summed E-state index contributed by atoms with van der Waals surface area (Å²) in [5, 5.41) is 8.79. The highest BCUT2D eigenvalue weighted by molar-refractivity contribution is 14.1. The molecule has 72 valence electrons. The van der Waals surface area contributed by atoms with Crippen LogP contribution in [0.1, 0.15) is 15.9 Å². The van der Waals surface area contributed by atoms with Crippen LogP contribution in [0, 0.1) is 14.9 Å². The maximum absolute atomic E-state index is 10.9. The molecule has 0 spiro atoms. The predicted octanol–water partition coefficient (Wildman–Crippen LogP) is 1.27. The normalized spacial score (nSPS) is 9.21. The van der Waals surface area contributed by atoms with Crippen molar-refractivity contribution in [3.05, 3.63) is 26.8 Å². The lowest BCUT2D eigenvalue weighted by molar-refractivity contribution is 0.1000. The third-order valence-electron chi connectivity index (χ3n) is 1.65. The molecule has 0 bridgehead atoms. The second kappa shape index (κ2) is 4.28. The molecule has 0 aliphatic carbocycles. The minimum atomic E-state index is -0.554. The Morgan fingerprint density at radius 2 is 2.29 bits per heavy atom. The summed E-state index contributed by atoms with van der Waals surface area (Å²) in [4.78, 5) is 10.9. The van der Waals surface area contributed by atoms with Crippen molar-refractivity contribution in [2.24, 2.45) is 5.73 Å². The molecule has 0 unspecified atom stereocenters. The number of nitrogens with two attached hydrogens (primary N) is 1. The number of primary amides is 1. The van der Waals surface area contributed by atoms with Crippen molar-refractivity contribution < 1.29 is 9.53 Å². The third kappa shape index (κ3) is 1.96. The van der Waals surface area contributed by atoms with E-state index in [0.29, 0.717) is 20.4 Å². The Morgan fingerprint density at radius 3 is 2.71 bits per heavy atom. The van der Waals surface area contributed by atoms with Crippen LogP contribution in [-0.2, 0) is 0 Å². The molecule has 0 aliphatic rings. The summed E-state index contributed by atoms with van der Waals surface area (Å²) in [6.45, 7) is 0. The smallest absolute Gasteiger partial charge is 0.248 e. The molecule has 0 aromatic heterocycles. The van der Waals surface area contributed by atoms with E-state index in [2.05, 4.69) is 0 Å². The minimum absolute atomic E-state index is 0.312. The van der Waals surface area contributed by atoms with Crippen LogP contribution in [0.4, 0.5) is 0 Å². The summed E-state index contributed by atoms with van der Waals surface area (Å²) in [5.74, 6) is -0.0832. The molecule has 0 saturated heterocycles. The topological polar surface area (TPSA) is 76.1 Å². The Kier molecular flexibility index (Phi) is 3.30. The average molecular weight is 302 g/mol. The number of hydrogen-bond acceptors (Lipinski definition) is 3. The maximum Gasteiger partial charge on any atom is 0.248 e. The molecule has 0 heterocycles. The Hall–Kier alpha value is -1.29. The van der Waals surface area contributed by atoms with E-state index in [1.165, 1.54) is 13.2 Å². The van der Waals surface area contributed by atoms with Gasteiger partial charge in [0.25, 0.3) is 0 Å². The largest absolute Gasteiger partial charge is 0.494 e. The molecule has 0 saturated carbocycles. The van der Waals surface area contributed by atoms with Crippen LogP contribution in [0.5, 0.6) is 5.75 Å². The molecular formula is C9H7IN2O2. The van der Waals surface area contributed by atoms with E-state index >= 15 is 0 Å². The summed E-state index contributed by atoms with van der Waals surface area (Å²) in [6, 6.07) is 4.95. The number of methoxy groups -OCH3 is 1. The number of ether oxygens (including phenoxy) is 1. The number of hydrogen-bond donors (Lipinski definition) is 1. The molecule has 0 aliphatic heterocycles. The van der Waals surface area contributed by atoms with Crippen LogP contribution < -0.4 is 10.5 Å². The summed E-state index contributed by atoms with van der Waals surface area (Å²) < 4.78 is 5.71. The standard InChI is InChI=1S/C9H7IN2O2/c1-14-8-6(4-11)2-5(9(12)13)3-7(8)10/h2-3H,1H3,(H2,12,13). The van der Waals surface area contributed by atoms with Crippen molar-refractivity contribution in [2.75, 3.05) is 7.11 Å². The molecule has 1 rings (SSSR count). The van der Waals surface area contributed by atoms with Crippen molar-refractivity contribution >= 4 is 28.5 Å². The monoisotopic (exact) mass is 302 g/mol. The van der Waals surface area contributed by atoms with Gasteiger partial charge in [0.15, 0.2) is 0 Å². The first kappa shape index (κ1) is 10.8. The van der Waals surface area contributed by atoms with Crippen LogP contribution in [-0.4, -0.2) is 13.0 Å². The van der Waals surface area contributed by atoms with Gasteiger partial charge in [0, 0.05) is 5.56 Å². The van der Waals surface area contributed by atoms with E-state index in [9.17, 15) is 4.79 Å². The number of carbonyl (C=O) groups is 1. The fourth-order valence-corrected chi connectivity index (χ4v) is 1.87. The Balaban J connectivity index is 3.41. The molecule has 0 radical (unpaired) electrons. The lowest BCUT2D eigenvalue weighted by Gasteiger charge is -2.06. The van der Waals surface area contributed by atoms with Gasteiger partial charge >= 0.3 is 0 Å². The number of carbonyl (C=O) groups excluding carboxylic acids is 1. The summed E-state index contributed by atoms with van der Waals surface area (Å²) in [5.41, 5.74) is 5.73. The van der Waals surface area contributed by atoms with Crippen molar-refractivity contribution in [3.8, 4) is 11.8 Å². The number of rotatable bonds is 2. The van der Waals surface area contributed by atoms with Gasteiger partial charge in [0.1, 0.15) is 11.8 Å². The minimum Gasteiger partial charge on any atom is -0.494 e. The number of nitriles is 1. The fourth-order valence-electron chi connectivity index (χ4n) is 1.03. The van der Waals surface area contributed by atoms with Gasteiger partial charge in [-0.05, 0) is 34.7 Å². The van der Waals surface area contributed by atoms with Crippen molar-refractivity contribution in [1.82, 2.24) is 0 Å². The van der Waals surface area contributed by atoms with E-state index in [1.54, 1.807) is 6.07 Å². The first-order valence-corrected chi connectivity index (χ1v) is 4.75. The van der Waals surface area contributed by atoms with E-state index in [-0.39, 0.29) is 0 Å². The van der Waals surface area contributed by atoms with Gasteiger partial charge in [0.05, 0.1) is 16.2 Å². The molecule has 0 atom stereocenters. The number of amides is 1. The van der Waals surface area contributed by atoms with E-state index < -0.39 is 5.91 Å². The van der Waals surface area contributed by atoms with Crippen molar-refractivity contribution in [1.29, 1.82) is 5.26 Å². The van der Waals surface area contributed by atoms with Gasteiger partial charge in [-0.15, -0.1) is 0 Å². The lowest BCUT2D eigenvalue weighted by Crippen LogP contribution is -2.11.